The predicted molar refractivity (Wildman–Crippen MR) is 178 cm³/mol. The van der Waals surface area contributed by atoms with E-state index >= 15 is 0 Å². The molecule has 3 aromatic carbocycles. The van der Waals surface area contributed by atoms with Crippen molar-refractivity contribution >= 4 is 57.9 Å². The van der Waals surface area contributed by atoms with Gasteiger partial charge in [0.1, 0.15) is 0 Å². The van der Waals surface area contributed by atoms with Gasteiger partial charge in [0, 0.05) is 33.9 Å². The first-order chi connectivity index (χ1) is 23.2. The molecule has 8 rings (SSSR count). The number of nitro groups is 1. The number of hydrogen-bond acceptors (Lipinski definition) is 10. The number of hydrogen-bond donors (Lipinski definition) is 2. The van der Waals surface area contributed by atoms with Crippen LogP contribution in [0.15, 0.2) is 82.6 Å². The van der Waals surface area contributed by atoms with Crippen molar-refractivity contribution in [2.75, 3.05) is 23.9 Å². The van der Waals surface area contributed by atoms with Crippen LogP contribution in [0.1, 0.15) is 22.8 Å². The molecule has 2 aliphatic carbocycles. The number of aromatic amines is 1. The van der Waals surface area contributed by atoms with E-state index in [9.17, 15) is 29.3 Å². The summed E-state index contributed by atoms with van der Waals surface area (Å²) < 4.78 is 11.6. The quantitative estimate of drug-likeness (QED) is 0.147. The number of thioether (sulfide) groups is 1. The predicted octanol–water partition coefficient (Wildman–Crippen LogP) is 5.05. The van der Waals surface area contributed by atoms with Crippen molar-refractivity contribution < 1.29 is 28.8 Å². The molecular weight excluding hydrogens is 657 g/mol. The number of carbonyl (C=O) groups is 3. The molecule has 2 saturated carbocycles. The first kappa shape index (κ1) is 30.4. The standard InChI is InChI=1S/C34H28N4O8S2/c1-45-23-13-16(7-12-22(23)46-15-24(39)35-17-5-3-2-4-6-17)25-26-20-14-21(29(26)47-31-30(25)48-34(42)36-31)28-27(20)32(40)37(33(28)41)18-8-10-19(11-9-18)38(43)44/h2-13,20-21,25-29H,14-15H2,1H3,(H,35,39)(H,36,42)/t20-,21-,25-,26?,27?,28?,29?/m1/s1. The molecule has 3 fully saturated rings. The van der Waals surface area contributed by atoms with Gasteiger partial charge in [-0.15, -0.1) is 11.8 Å². The fourth-order valence-electron chi connectivity index (χ4n) is 8.23. The van der Waals surface area contributed by atoms with Crippen LogP contribution in [0.25, 0.3) is 0 Å². The van der Waals surface area contributed by atoms with Gasteiger partial charge in [-0.25, -0.2) is 0 Å². The van der Waals surface area contributed by atoms with Crippen molar-refractivity contribution in [3.8, 4) is 11.5 Å². The van der Waals surface area contributed by atoms with E-state index in [1.807, 2.05) is 30.3 Å². The van der Waals surface area contributed by atoms with Gasteiger partial charge in [0.2, 0.25) is 11.8 Å². The maximum Gasteiger partial charge on any atom is 0.305 e. The van der Waals surface area contributed by atoms with Gasteiger partial charge in [0.15, 0.2) is 18.1 Å². The lowest BCUT2D eigenvalue weighted by molar-refractivity contribution is -0.384. The molecule has 14 heteroatoms. The highest BCUT2D eigenvalue weighted by Crippen LogP contribution is 2.68. The second-order valence-corrected chi connectivity index (χ2v) is 14.6. The van der Waals surface area contributed by atoms with Crippen molar-refractivity contribution in [1.29, 1.82) is 0 Å². The Morgan fingerprint density at radius 3 is 2.44 bits per heavy atom. The number of ether oxygens (including phenoxy) is 2. The zero-order chi connectivity index (χ0) is 33.3. The number of amides is 3. The number of aromatic nitrogens is 1. The van der Waals surface area contributed by atoms with Crippen LogP contribution in [0.3, 0.4) is 0 Å². The Morgan fingerprint density at radius 2 is 1.73 bits per heavy atom. The minimum atomic E-state index is -0.521. The van der Waals surface area contributed by atoms with Crippen LogP contribution >= 0.6 is 23.1 Å². The number of imide groups is 1. The highest BCUT2D eigenvalue weighted by Gasteiger charge is 2.69. The Balaban J connectivity index is 1.09. The Morgan fingerprint density at radius 1 is 1.00 bits per heavy atom. The Kier molecular flexibility index (Phi) is 7.36. The number of H-pyrrole nitrogens is 1. The van der Waals surface area contributed by atoms with E-state index in [-0.39, 0.29) is 63.8 Å². The number of nitrogens with one attached hydrogen (secondary N) is 2. The van der Waals surface area contributed by atoms with Crippen LogP contribution < -0.4 is 24.6 Å². The molecule has 48 heavy (non-hydrogen) atoms. The number of anilines is 2. The Bertz CT molecular complexity index is 2030. The summed E-state index contributed by atoms with van der Waals surface area (Å²) in [6.07, 6.45) is 0.716. The van der Waals surface area contributed by atoms with Crippen LogP contribution in [0.2, 0.25) is 0 Å². The van der Waals surface area contributed by atoms with Crippen molar-refractivity contribution in [3.63, 3.8) is 0 Å². The fraction of sp³-hybridized carbons (Fsp3) is 0.294. The molecule has 1 aromatic heterocycles. The Labute approximate surface area is 281 Å². The summed E-state index contributed by atoms with van der Waals surface area (Å²) >= 11 is 2.74. The van der Waals surface area contributed by atoms with E-state index < -0.39 is 16.8 Å². The van der Waals surface area contributed by atoms with Gasteiger partial charge < -0.3 is 19.8 Å². The van der Waals surface area contributed by atoms with E-state index in [1.54, 1.807) is 30.0 Å². The largest absolute Gasteiger partial charge is 0.493 e. The van der Waals surface area contributed by atoms with E-state index in [0.29, 0.717) is 29.3 Å². The van der Waals surface area contributed by atoms with Crippen LogP contribution in [-0.4, -0.2) is 46.6 Å². The van der Waals surface area contributed by atoms with Gasteiger partial charge in [-0.2, -0.15) is 0 Å². The first-order valence-electron chi connectivity index (χ1n) is 15.4. The minimum absolute atomic E-state index is 0.0174. The number of fused-ring (bicyclic) bond motifs is 9. The van der Waals surface area contributed by atoms with Gasteiger partial charge >= 0.3 is 4.87 Å². The number of para-hydroxylation sites is 1. The van der Waals surface area contributed by atoms with E-state index in [1.165, 1.54) is 36.3 Å². The van der Waals surface area contributed by atoms with Gasteiger partial charge in [0.25, 0.3) is 11.6 Å². The molecule has 1 saturated heterocycles. The third-order valence-corrected chi connectivity index (χ3v) is 12.6. The zero-order valence-corrected chi connectivity index (χ0v) is 27.0. The van der Waals surface area contributed by atoms with Crippen molar-refractivity contribution in [2.45, 2.75) is 22.6 Å². The second-order valence-electron chi connectivity index (χ2n) is 12.4. The molecule has 0 spiro atoms. The first-order valence-corrected chi connectivity index (χ1v) is 17.1. The van der Waals surface area contributed by atoms with Gasteiger partial charge in [-0.3, -0.25) is 34.2 Å². The van der Waals surface area contributed by atoms with E-state index in [2.05, 4.69) is 10.3 Å². The maximum atomic E-state index is 14.0. The summed E-state index contributed by atoms with van der Waals surface area (Å²) in [5.74, 6) is -1.56. The molecule has 2 bridgehead atoms. The van der Waals surface area contributed by atoms with E-state index in [4.69, 9.17) is 9.47 Å². The van der Waals surface area contributed by atoms with Crippen molar-refractivity contribution in [1.82, 2.24) is 4.98 Å². The molecule has 244 valence electrons. The lowest BCUT2D eigenvalue weighted by Crippen LogP contribution is -2.42. The molecule has 3 heterocycles. The average molecular weight is 685 g/mol. The molecule has 7 atom stereocenters. The van der Waals surface area contributed by atoms with Gasteiger partial charge in [-0.1, -0.05) is 35.6 Å². The van der Waals surface area contributed by atoms with Crippen LogP contribution in [0.5, 0.6) is 11.5 Å². The summed E-state index contributed by atoms with van der Waals surface area (Å²) in [7, 11) is 1.52. The van der Waals surface area contributed by atoms with Crippen LogP contribution in [0, 0.1) is 39.7 Å². The second kappa shape index (κ2) is 11.6. The highest BCUT2D eigenvalue weighted by atomic mass is 32.2. The number of thiazole rings is 1. The van der Waals surface area contributed by atoms with Crippen LogP contribution in [-0.2, 0) is 14.4 Å². The smallest absolute Gasteiger partial charge is 0.305 e. The summed E-state index contributed by atoms with van der Waals surface area (Å²) in [5.41, 5.74) is 1.75. The van der Waals surface area contributed by atoms with Crippen molar-refractivity contribution in [3.05, 3.63) is 103 Å². The monoisotopic (exact) mass is 684 g/mol. The van der Waals surface area contributed by atoms with Crippen LogP contribution in [0.4, 0.5) is 17.1 Å². The number of non-ortho nitro benzene ring substituents is 1. The Hall–Kier alpha value is -4.95. The number of nitro benzene ring substituents is 1. The molecular formula is C34H28N4O8S2. The summed E-state index contributed by atoms with van der Waals surface area (Å²) in [4.78, 5) is 68.7. The summed E-state index contributed by atoms with van der Waals surface area (Å²) in [5, 5.41) is 14.7. The summed E-state index contributed by atoms with van der Waals surface area (Å²) in [6.45, 7) is -0.229. The van der Waals surface area contributed by atoms with Crippen molar-refractivity contribution in [2.24, 2.45) is 29.6 Å². The molecule has 2 N–H and O–H groups in total. The number of methoxy groups -OCH3 is 1. The highest BCUT2D eigenvalue weighted by molar-refractivity contribution is 8.00. The SMILES string of the molecule is COc1cc([C@H]2c3sc(=O)[nH]c3SC3C2[C@H]2C[C@@H]3C3C(=O)N(c4ccc([N+](=O)[O-])cc4)C(=O)C32)ccc1OCC(=O)Nc1ccccc1. The zero-order valence-electron chi connectivity index (χ0n) is 25.4. The fourth-order valence-corrected chi connectivity index (χ4v) is 11.1. The summed E-state index contributed by atoms with van der Waals surface area (Å²) in [6, 6.07) is 20.1. The molecule has 12 nitrogen and oxygen atoms in total. The number of benzene rings is 3. The lowest BCUT2D eigenvalue weighted by Gasteiger charge is -2.43. The topological polar surface area (TPSA) is 161 Å². The molecule has 3 amide bonds. The molecule has 4 aliphatic rings. The third-order valence-electron chi connectivity index (χ3n) is 10.0. The van der Waals surface area contributed by atoms with E-state index in [0.717, 1.165) is 26.8 Å². The average Bonchev–Trinajstić information content (AvgIpc) is 3.83. The number of carbonyl (C=O) groups excluding carboxylic acids is 3. The molecule has 0 radical (unpaired) electrons. The van der Waals surface area contributed by atoms with Gasteiger partial charge in [0.05, 0.1) is 34.6 Å². The van der Waals surface area contributed by atoms with Gasteiger partial charge in [-0.05, 0) is 66.1 Å². The number of rotatable bonds is 8. The minimum Gasteiger partial charge on any atom is -0.493 e. The molecule has 4 aromatic rings. The maximum absolute atomic E-state index is 14.0. The normalized spacial score (nSPS) is 26.5. The number of nitrogens with zero attached hydrogens (tertiary/aromatic N) is 2. The lowest BCUT2D eigenvalue weighted by atomic mass is 9.68. The molecule has 2 aliphatic heterocycles. The molecule has 4 unspecified atom stereocenters. The third kappa shape index (κ3) is 4.81.